The number of hydrogen-bond donors (Lipinski definition) is 3. The minimum atomic E-state index is 0.521. The van der Waals surface area contributed by atoms with Crippen LogP contribution in [-0.2, 0) is 0 Å². The zero-order valence-corrected chi connectivity index (χ0v) is 12.7. The molecule has 4 N–H and O–H groups in total. The molecule has 110 valence electrons. The molecule has 2 aliphatic carbocycles. The molecular formula is C14H23N5S. The average molecular weight is 293 g/mol. The summed E-state index contributed by atoms with van der Waals surface area (Å²) in [6, 6.07) is 2.44. The van der Waals surface area contributed by atoms with Crippen molar-refractivity contribution in [3.63, 3.8) is 0 Å². The molecule has 0 aliphatic heterocycles. The van der Waals surface area contributed by atoms with Gasteiger partial charge in [-0.3, -0.25) is 0 Å². The lowest BCUT2D eigenvalue weighted by Gasteiger charge is -2.21. The van der Waals surface area contributed by atoms with Crippen LogP contribution in [0.4, 0.5) is 11.6 Å². The molecule has 5 nitrogen and oxygen atoms in total. The van der Waals surface area contributed by atoms with Gasteiger partial charge in [0, 0.05) is 23.3 Å². The van der Waals surface area contributed by atoms with Crippen molar-refractivity contribution in [3.05, 3.63) is 11.9 Å². The van der Waals surface area contributed by atoms with Crippen molar-refractivity contribution in [3.8, 4) is 0 Å². The van der Waals surface area contributed by atoms with E-state index >= 15 is 0 Å². The van der Waals surface area contributed by atoms with Crippen molar-refractivity contribution in [2.24, 2.45) is 5.84 Å². The third kappa shape index (κ3) is 3.17. The number of hydrazine groups is 1. The number of nitrogens with one attached hydrogen (secondary N) is 2. The largest absolute Gasteiger partial charge is 0.366 e. The second-order valence-corrected chi connectivity index (χ2v) is 7.11. The van der Waals surface area contributed by atoms with Crippen LogP contribution in [0.25, 0.3) is 0 Å². The van der Waals surface area contributed by atoms with Crippen molar-refractivity contribution in [1.82, 2.24) is 9.97 Å². The number of anilines is 2. The van der Waals surface area contributed by atoms with Gasteiger partial charge in [0.05, 0.1) is 0 Å². The number of nitrogen functional groups attached to an aromatic ring is 1. The van der Waals surface area contributed by atoms with Crippen LogP contribution < -0.4 is 16.6 Å². The Hall–Kier alpha value is -1.01. The van der Waals surface area contributed by atoms with Crippen LogP contribution in [0, 0.1) is 0 Å². The normalized spacial score (nSPS) is 25.7. The molecule has 6 heteroatoms. The molecule has 2 atom stereocenters. The summed E-state index contributed by atoms with van der Waals surface area (Å²) in [6.45, 7) is 2.23. The second kappa shape index (κ2) is 6.18. The van der Waals surface area contributed by atoms with Crippen LogP contribution in [-0.4, -0.2) is 27.0 Å². The van der Waals surface area contributed by atoms with Gasteiger partial charge in [-0.05, 0) is 31.4 Å². The van der Waals surface area contributed by atoms with E-state index in [0.717, 1.165) is 11.6 Å². The predicted octanol–water partition coefficient (Wildman–Crippen LogP) is 2.73. The Kier molecular flexibility index (Phi) is 4.31. The van der Waals surface area contributed by atoms with Gasteiger partial charge in [-0.15, -0.1) is 0 Å². The smallest absolute Gasteiger partial charge is 0.145 e. The Bertz CT molecular complexity index is 463. The fourth-order valence-electron chi connectivity index (χ4n) is 2.83. The third-order valence-electron chi connectivity index (χ3n) is 4.00. The summed E-state index contributed by atoms with van der Waals surface area (Å²) in [5.41, 5.74) is 2.66. The van der Waals surface area contributed by atoms with Gasteiger partial charge in [0.1, 0.15) is 17.5 Å². The predicted molar refractivity (Wildman–Crippen MR) is 85.0 cm³/mol. The number of rotatable bonds is 6. The van der Waals surface area contributed by atoms with Crippen molar-refractivity contribution >= 4 is 23.4 Å². The topological polar surface area (TPSA) is 75.9 Å². The first-order valence-electron chi connectivity index (χ1n) is 7.54. The molecule has 1 aromatic rings. The maximum atomic E-state index is 5.52. The van der Waals surface area contributed by atoms with E-state index in [9.17, 15) is 0 Å². The first-order valence-corrected chi connectivity index (χ1v) is 8.58. The molecule has 2 aliphatic rings. The monoisotopic (exact) mass is 293 g/mol. The quantitative estimate of drug-likeness (QED) is 0.553. The molecular weight excluding hydrogens is 270 g/mol. The minimum absolute atomic E-state index is 0.521. The van der Waals surface area contributed by atoms with Crippen LogP contribution >= 0.6 is 11.8 Å². The molecule has 0 radical (unpaired) electrons. The lowest BCUT2D eigenvalue weighted by Crippen LogP contribution is -2.27. The molecule has 2 fully saturated rings. The maximum absolute atomic E-state index is 5.52. The summed E-state index contributed by atoms with van der Waals surface area (Å²) in [7, 11) is 0. The Morgan fingerprint density at radius 2 is 2.05 bits per heavy atom. The Morgan fingerprint density at radius 3 is 2.75 bits per heavy atom. The molecule has 1 aromatic heterocycles. The molecule has 1 heterocycles. The molecule has 0 aromatic carbocycles. The van der Waals surface area contributed by atoms with Gasteiger partial charge in [0.25, 0.3) is 0 Å². The van der Waals surface area contributed by atoms with Gasteiger partial charge in [0.2, 0.25) is 0 Å². The zero-order valence-electron chi connectivity index (χ0n) is 11.9. The average Bonchev–Trinajstić information content (AvgIpc) is 3.23. The Balaban J connectivity index is 1.74. The highest BCUT2D eigenvalue weighted by Gasteiger charge is 2.30. The molecule has 3 rings (SSSR count). The van der Waals surface area contributed by atoms with Crippen LogP contribution in [0.2, 0.25) is 0 Å². The number of thioether (sulfide) groups is 1. The van der Waals surface area contributed by atoms with E-state index < -0.39 is 0 Å². The highest BCUT2D eigenvalue weighted by Crippen LogP contribution is 2.39. The number of hydrogen-bond acceptors (Lipinski definition) is 6. The van der Waals surface area contributed by atoms with E-state index in [1.165, 1.54) is 37.9 Å². The van der Waals surface area contributed by atoms with Gasteiger partial charge < -0.3 is 10.7 Å². The van der Waals surface area contributed by atoms with Gasteiger partial charge in [-0.25, -0.2) is 15.8 Å². The van der Waals surface area contributed by atoms with E-state index in [-0.39, 0.29) is 0 Å². The Labute approximate surface area is 124 Å². The molecule has 0 amide bonds. The minimum Gasteiger partial charge on any atom is -0.366 e. The highest BCUT2D eigenvalue weighted by atomic mass is 32.2. The van der Waals surface area contributed by atoms with Crippen molar-refractivity contribution in [1.29, 1.82) is 0 Å². The first-order chi connectivity index (χ1) is 9.80. The third-order valence-corrected chi connectivity index (χ3v) is 5.33. The number of aromatic nitrogens is 2. The molecule has 0 spiro atoms. The molecule has 2 saturated carbocycles. The van der Waals surface area contributed by atoms with Crippen LogP contribution in [0.5, 0.6) is 0 Å². The molecule has 0 saturated heterocycles. The molecule has 0 bridgehead atoms. The summed E-state index contributed by atoms with van der Waals surface area (Å²) in [4.78, 5) is 9.13. The SMILES string of the molecule is CCSC1CCCC1Nc1cc(NN)nc(C2CC2)n1. The van der Waals surface area contributed by atoms with Crippen LogP contribution in [0.1, 0.15) is 50.8 Å². The highest BCUT2D eigenvalue weighted by molar-refractivity contribution is 7.99. The number of nitrogens with two attached hydrogens (primary N) is 1. The van der Waals surface area contributed by atoms with Gasteiger partial charge in [-0.1, -0.05) is 13.3 Å². The standard InChI is InChI=1S/C14H23N5S/c1-2-20-11-5-3-4-10(11)16-12-8-13(19-15)18-14(17-12)9-6-7-9/h8-11H,2-7,15H2,1H3,(H2,16,17,18,19). The summed E-state index contributed by atoms with van der Waals surface area (Å²) in [5, 5.41) is 4.31. The van der Waals surface area contributed by atoms with Crippen LogP contribution in [0.15, 0.2) is 6.07 Å². The Morgan fingerprint density at radius 1 is 1.25 bits per heavy atom. The number of nitrogens with zero attached hydrogens (tertiary/aromatic N) is 2. The second-order valence-electron chi connectivity index (χ2n) is 5.59. The fraction of sp³-hybridized carbons (Fsp3) is 0.714. The first kappa shape index (κ1) is 13.9. The van der Waals surface area contributed by atoms with Gasteiger partial charge >= 0.3 is 0 Å². The summed E-state index contributed by atoms with van der Waals surface area (Å²) < 4.78 is 0. The maximum Gasteiger partial charge on any atom is 0.145 e. The van der Waals surface area contributed by atoms with Crippen molar-refractivity contribution < 1.29 is 0 Å². The summed E-state index contributed by atoms with van der Waals surface area (Å²) in [6.07, 6.45) is 6.23. The molecule has 20 heavy (non-hydrogen) atoms. The zero-order chi connectivity index (χ0) is 13.9. The van der Waals surface area contributed by atoms with Crippen molar-refractivity contribution in [2.45, 2.75) is 56.2 Å². The van der Waals surface area contributed by atoms with E-state index in [2.05, 4.69) is 39.4 Å². The summed E-state index contributed by atoms with van der Waals surface area (Å²) >= 11 is 2.05. The summed E-state index contributed by atoms with van der Waals surface area (Å²) in [5.74, 6) is 9.79. The lowest BCUT2D eigenvalue weighted by atomic mass is 10.2. The fourth-order valence-corrected chi connectivity index (χ4v) is 4.03. The van der Waals surface area contributed by atoms with Crippen molar-refractivity contribution in [2.75, 3.05) is 16.5 Å². The van der Waals surface area contributed by atoms with E-state index in [1.54, 1.807) is 0 Å². The van der Waals surface area contributed by atoms with E-state index in [0.29, 0.717) is 23.0 Å². The van der Waals surface area contributed by atoms with E-state index in [1.807, 2.05) is 6.07 Å². The van der Waals surface area contributed by atoms with Crippen LogP contribution in [0.3, 0.4) is 0 Å². The van der Waals surface area contributed by atoms with E-state index in [4.69, 9.17) is 5.84 Å². The lowest BCUT2D eigenvalue weighted by molar-refractivity contribution is 0.758. The van der Waals surface area contributed by atoms with Gasteiger partial charge in [0.15, 0.2) is 0 Å². The molecule has 2 unspecified atom stereocenters. The van der Waals surface area contributed by atoms with Gasteiger partial charge in [-0.2, -0.15) is 11.8 Å².